The quantitative estimate of drug-likeness (QED) is 0.329. The normalized spacial score (nSPS) is 11.3. The SMILES string of the molecule is NC(N)=Nc1ccc(C(=O)N[C@@H](Cc2ccc(CC(=O)O)cc2)C(=O)O)cc1. The van der Waals surface area contributed by atoms with Gasteiger partial charge in [-0.15, -0.1) is 0 Å². The van der Waals surface area contributed by atoms with Crippen molar-refractivity contribution in [1.82, 2.24) is 5.32 Å². The summed E-state index contributed by atoms with van der Waals surface area (Å²) < 4.78 is 0. The van der Waals surface area contributed by atoms with Crippen LogP contribution in [0, 0.1) is 0 Å². The maximum Gasteiger partial charge on any atom is 0.326 e. The lowest BCUT2D eigenvalue weighted by Crippen LogP contribution is -2.42. The molecule has 9 nitrogen and oxygen atoms in total. The molecule has 146 valence electrons. The number of carboxylic acids is 2. The van der Waals surface area contributed by atoms with Crippen molar-refractivity contribution in [3.8, 4) is 0 Å². The van der Waals surface area contributed by atoms with Crippen molar-refractivity contribution >= 4 is 29.5 Å². The van der Waals surface area contributed by atoms with Crippen molar-refractivity contribution < 1.29 is 24.6 Å². The molecule has 9 heteroatoms. The van der Waals surface area contributed by atoms with Crippen molar-refractivity contribution in [2.45, 2.75) is 18.9 Å². The zero-order valence-electron chi connectivity index (χ0n) is 14.8. The number of hydrogen-bond donors (Lipinski definition) is 5. The third-order valence-corrected chi connectivity index (χ3v) is 3.81. The Bertz CT molecular complexity index is 888. The van der Waals surface area contributed by atoms with E-state index in [0.29, 0.717) is 16.8 Å². The van der Waals surface area contributed by atoms with E-state index in [-0.39, 0.29) is 24.4 Å². The summed E-state index contributed by atoms with van der Waals surface area (Å²) in [5, 5.41) is 20.7. The summed E-state index contributed by atoms with van der Waals surface area (Å²) in [5.41, 5.74) is 12.6. The molecule has 0 unspecified atom stereocenters. The van der Waals surface area contributed by atoms with Gasteiger partial charge < -0.3 is 27.0 Å². The summed E-state index contributed by atoms with van der Waals surface area (Å²) in [6, 6.07) is 11.4. The molecule has 0 aliphatic carbocycles. The van der Waals surface area contributed by atoms with Crippen molar-refractivity contribution in [2.75, 3.05) is 0 Å². The monoisotopic (exact) mass is 384 g/mol. The minimum absolute atomic E-state index is 0.0561. The van der Waals surface area contributed by atoms with Crippen LogP contribution in [-0.2, 0) is 22.4 Å². The second kappa shape index (κ2) is 9.17. The van der Waals surface area contributed by atoms with E-state index in [9.17, 15) is 19.5 Å². The molecular formula is C19H20N4O5. The minimum atomic E-state index is -1.18. The van der Waals surface area contributed by atoms with Gasteiger partial charge in [-0.2, -0.15) is 0 Å². The predicted molar refractivity (Wildman–Crippen MR) is 102 cm³/mol. The Labute approximate surface area is 160 Å². The van der Waals surface area contributed by atoms with Crippen LogP contribution < -0.4 is 16.8 Å². The van der Waals surface area contributed by atoms with Gasteiger partial charge in [0.15, 0.2) is 5.96 Å². The van der Waals surface area contributed by atoms with Crippen LogP contribution >= 0.6 is 0 Å². The van der Waals surface area contributed by atoms with Crippen LogP contribution in [0.5, 0.6) is 0 Å². The first kappa shape index (κ1) is 20.4. The highest BCUT2D eigenvalue weighted by Gasteiger charge is 2.21. The lowest BCUT2D eigenvalue weighted by molar-refractivity contribution is -0.139. The van der Waals surface area contributed by atoms with Crippen LogP contribution in [0.1, 0.15) is 21.5 Å². The number of aliphatic imine (C=N–C) groups is 1. The molecule has 0 heterocycles. The van der Waals surface area contributed by atoms with Crippen LogP contribution in [0.15, 0.2) is 53.5 Å². The van der Waals surface area contributed by atoms with Crippen molar-refractivity contribution in [1.29, 1.82) is 0 Å². The number of nitrogens with two attached hydrogens (primary N) is 2. The first-order chi connectivity index (χ1) is 13.2. The van der Waals surface area contributed by atoms with Crippen molar-refractivity contribution in [3.63, 3.8) is 0 Å². The summed E-state index contributed by atoms with van der Waals surface area (Å²) in [6.45, 7) is 0. The molecule has 1 atom stereocenters. The molecule has 0 aliphatic rings. The van der Waals surface area contributed by atoms with Gasteiger partial charge in [0.1, 0.15) is 6.04 Å². The maximum atomic E-state index is 12.3. The van der Waals surface area contributed by atoms with Gasteiger partial charge in [0.05, 0.1) is 12.1 Å². The summed E-state index contributed by atoms with van der Waals surface area (Å²) in [6.07, 6.45) is -0.0598. The van der Waals surface area contributed by atoms with E-state index in [0.717, 1.165) is 0 Å². The number of aliphatic carboxylic acids is 2. The molecule has 28 heavy (non-hydrogen) atoms. The van der Waals surface area contributed by atoms with Crippen LogP contribution in [0.25, 0.3) is 0 Å². The fraction of sp³-hybridized carbons (Fsp3) is 0.158. The molecule has 0 saturated heterocycles. The third-order valence-electron chi connectivity index (χ3n) is 3.81. The number of rotatable bonds is 8. The van der Waals surface area contributed by atoms with Crippen LogP contribution in [-0.4, -0.2) is 40.1 Å². The highest BCUT2D eigenvalue weighted by Crippen LogP contribution is 2.13. The average Bonchev–Trinajstić information content (AvgIpc) is 2.62. The zero-order chi connectivity index (χ0) is 20.7. The Morgan fingerprint density at radius 3 is 2.00 bits per heavy atom. The lowest BCUT2D eigenvalue weighted by atomic mass is 10.0. The molecule has 2 aromatic carbocycles. The third kappa shape index (κ3) is 6.13. The topological polar surface area (TPSA) is 168 Å². The van der Waals surface area contributed by atoms with Crippen LogP contribution in [0.2, 0.25) is 0 Å². The number of hydrogen-bond acceptors (Lipinski definition) is 4. The summed E-state index contributed by atoms with van der Waals surface area (Å²) in [4.78, 5) is 38.4. The molecule has 1 amide bonds. The Kier molecular flexibility index (Phi) is 6.69. The molecule has 0 aromatic heterocycles. The number of nitrogens with one attached hydrogen (secondary N) is 1. The number of benzene rings is 2. The van der Waals surface area contributed by atoms with Gasteiger partial charge in [0.2, 0.25) is 0 Å². The van der Waals surface area contributed by atoms with Gasteiger partial charge in [-0.25, -0.2) is 9.79 Å². The largest absolute Gasteiger partial charge is 0.481 e. The molecule has 0 fully saturated rings. The molecule has 2 rings (SSSR count). The Hall–Kier alpha value is -3.88. The Morgan fingerprint density at radius 2 is 1.50 bits per heavy atom. The fourth-order valence-electron chi connectivity index (χ4n) is 2.48. The first-order valence-corrected chi connectivity index (χ1v) is 8.27. The molecule has 0 radical (unpaired) electrons. The number of guanidine groups is 1. The highest BCUT2D eigenvalue weighted by molar-refractivity contribution is 5.97. The van der Waals surface area contributed by atoms with Gasteiger partial charge >= 0.3 is 11.9 Å². The lowest BCUT2D eigenvalue weighted by Gasteiger charge is -2.15. The van der Waals surface area contributed by atoms with E-state index in [1.807, 2.05) is 0 Å². The number of amides is 1. The van der Waals surface area contributed by atoms with E-state index < -0.39 is 23.9 Å². The number of carbonyl (C=O) groups is 3. The average molecular weight is 384 g/mol. The standard InChI is InChI=1S/C19H20N4O5/c20-19(21)22-14-7-5-13(6-8-14)17(26)23-15(18(27)28)9-11-1-3-12(4-2-11)10-16(24)25/h1-8,15H,9-10H2,(H,23,26)(H,24,25)(H,27,28)(H4,20,21,22)/t15-/m0/s1. The maximum absolute atomic E-state index is 12.3. The smallest absolute Gasteiger partial charge is 0.326 e. The van der Waals surface area contributed by atoms with Gasteiger partial charge in [0.25, 0.3) is 5.91 Å². The molecule has 0 aliphatic heterocycles. The molecular weight excluding hydrogens is 364 g/mol. The molecule has 0 spiro atoms. The molecule has 0 bridgehead atoms. The van der Waals surface area contributed by atoms with Gasteiger partial charge in [-0.05, 0) is 35.4 Å². The highest BCUT2D eigenvalue weighted by atomic mass is 16.4. The van der Waals surface area contributed by atoms with E-state index >= 15 is 0 Å². The number of carbonyl (C=O) groups excluding carboxylic acids is 1. The first-order valence-electron chi connectivity index (χ1n) is 8.27. The predicted octanol–water partition coefficient (Wildman–Crippen LogP) is 0.644. The molecule has 2 aromatic rings. The zero-order valence-corrected chi connectivity index (χ0v) is 14.8. The van der Waals surface area contributed by atoms with Gasteiger partial charge in [-0.1, -0.05) is 24.3 Å². The number of nitrogens with zero attached hydrogens (tertiary/aromatic N) is 1. The summed E-state index contributed by atoms with van der Waals surface area (Å²) in [7, 11) is 0. The van der Waals surface area contributed by atoms with Crippen molar-refractivity contribution in [2.24, 2.45) is 16.5 Å². The van der Waals surface area contributed by atoms with Crippen LogP contribution in [0.3, 0.4) is 0 Å². The Balaban J connectivity index is 2.05. The van der Waals surface area contributed by atoms with Crippen molar-refractivity contribution in [3.05, 3.63) is 65.2 Å². The van der Waals surface area contributed by atoms with E-state index in [4.69, 9.17) is 16.6 Å². The second-order valence-electron chi connectivity index (χ2n) is 6.04. The number of carboxylic acid groups (broad SMARTS) is 2. The second-order valence-corrected chi connectivity index (χ2v) is 6.04. The molecule has 7 N–H and O–H groups in total. The summed E-state index contributed by atoms with van der Waals surface area (Å²) in [5.74, 6) is -2.79. The van der Waals surface area contributed by atoms with Gasteiger partial charge in [0, 0.05) is 12.0 Å². The van der Waals surface area contributed by atoms with Gasteiger partial charge in [-0.3, -0.25) is 9.59 Å². The van der Waals surface area contributed by atoms with Crippen LogP contribution in [0.4, 0.5) is 5.69 Å². The summed E-state index contributed by atoms with van der Waals surface area (Å²) >= 11 is 0. The van der Waals surface area contributed by atoms with E-state index in [1.165, 1.54) is 24.3 Å². The van der Waals surface area contributed by atoms with E-state index in [1.54, 1.807) is 24.3 Å². The van der Waals surface area contributed by atoms with E-state index in [2.05, 4.69) is 10.3 Å². The minimum Gasteiger partial charge on any atom is -0.481 e. The Morgan fingerprint density at radius 1 is 0.929 bits per heavy atom. The molecule has 0 saturated carbocycles. The fourth-order valence-corrected chi connectivity index (χ4v) is 2.48.